The van der Waals surface area contributed by atoms with E-state index < -0.39 is 0 Å². The predicted molar refractivity (Wildman–Crippen MR) is 119 cm³/mol. The summed E-state index contributed by atoms with van der Waals surface area (Å²) in [6.07, 6.45) is 5.80. The Bertz CT molecular complexity index is 366. The van der Waals surface area contributed by atoms with Crippen LogP contribution in [0, 0.1) is 23.7 Å². The Morgan fingerprint density at radius 2 is 1.25 bits per heavy atom. The summed E-state index contributed by atoms with van der Waals surface area (Å²) in [5, 5.41) is 28.2. The van der Waals surface area contributed by atoms with Gasteiger partial charge in [0.15, 0.2) is 0 Å². The third kappa shape index (κ3) is 16.1. The second-order valence-electron chi connectivity index (χ2n) is 7.73. The van der Waals surface area contributed by atoms with Crippen LogP contribution in [0.3, 0.4) is 0 Å². The van der Waals surface area contributed by atoms with Gasteiger partial charge in [-0.25, -0.2) is 0 Å². The zero-order chi connectivity index (χ0) is 22.5. The molecule has 0 amide bonds. The van der Waals surface area contributed by atoms with Gasteiger partial charge in [-0.15, -0.1) is 0 Å². The first-order chi connectivity index (χ1) is 13.3. The second kappa shape index (κ2) is 22.4. The molecule has 0 fully saturated rings. The van der Waals surface area contributed by atoms with Crippen LogP contribution in [0.2, 0.25) is 0 Å². The van der Waals surface area contributed by atoms with Crippen LogP contribution in [0.1, 0.15) is 80.1 Å². The highest BCUT2D eigenvalue weighted by molar-refractivity contribution is 4.78. The van der Waals surface area contributed by atoms with E-state index in [0.29, 0.717) is 29.7 Å². The number of aliphatic hydroxyl groups is 3. The Hall–Kier alpha value is -0.850. The maximum atomic E-state index is 8.72. The molecule has 0 aromatic carbocycles. The van der Waals surface area contributed by atoms with Crippen molar-refractivity contribution in [2.24, 2.45) is 34.5 Å². The molecule has 0 aromatic heterocycles. The highest BCUT2D eigenvalue weighted by Crippen LogP contribution is 2.23. The fourth-order valence-corrected chi connectivity index (χ4v) is 3.11. The van der Waals surface area contributed by atoms with Crippen molar-refractivity contribution in [3.8, 4) is 0 Å². The second-order valence-corrected chi connectivity index (χ2v) is 7.73. The van der Waals surface area contributed by atoms with Crippen molar-refractivity contribution in [3.05, 3.63) is 10.4 Å². The van der Waals surface area contributed by atoms with E-state index in [4.69, 9.17) is 26.6 Å². The summed E-state index contributed by atoms with van der Waals surface area (Å²) < 4.78 is 0. The zero-order valence-electron chi connectivity index (χ0n) is 19.4. The van der Waals surface area contributed by atoms with Crippen molar-refractivity contribution in [1.29, 1.82) is 0 Å². The van der Waals surface area contributed by atoms with Gasteiger partial charge in [0.2, 0.25) is 0 Å². The summed E-state index contributed by atoms with van der Waals surface area (Å²) >= 11 is 0. The molecule has 28 heavy (non-hydrogen) atoms. The Balaban J connectivity index is -0.000000414. The van der Waals surface area contributed by atoms with E-state index in [1.807, 2.05) is 0 Å². The normalized spacial score (nSPS) is 16.7. The number of azide groups is 1. The monoisotopic (exact) mass is 404 g/mol. The molecule has 0 bridgehead atoms. The molecule has 5 N–H and O–H groups in total. The number of aliphatic hydroxyl groups excluding tert-OH is 3. The van der Waals surface area contributed by atoms with Gasteiger partial charge < -0.3 is 21.1 Å². The largest absolute Gasteiger partial charge is 0.400 e. The van der Waals surface area contributed by atoms with Gasteiger partial charge in [0.1, 0.15) is 0 Å². The maximum absolute atomic E-state index is 8.72. The van der Waals surface area contributed by atoms with Gasteiger partial charge >= 0.3 is 0 Å². The van der Waals surface area contributed by atoms with Gasteiger partial charge in [0, 0.05) is 37.3 Å². The molecule has 0 rings (SSSR count). The van der Waals surface area contributed by atoms with Crippen molar-refractivity contribution < 1.29 is 15.3 Å². The topological polar surface area (TPSA) is 135 Å². The summed E-state index contributed by atoms with van der Waals surface area (Å²) in [6, 6.07) is 0.359. The molecule has 0 aliphatic carbocycles. The van der Waals surface area contributed by atoms with Gasteiger partial charge in [0.05, 0.1) is 0 Å². The molecule has 170 valence electrons. The van der Waals surface area contributed by atoms with Crippen LogP contribution < -0.4 is 5.73 Å². The van der Waals surface area contributed by atoms with E-state index in [1.54, 1.807) is 0 Å². The first-order valence-corrected chi connectivity index (χ1v) is 10.8. The fraction of sp³-hybridized carbons (Fsp3) is 1.00. The molecule has 0 aromatic rings. The van der Waals surface area contributed by atoms with Crippen LogP contribution in [0.4, 0.5) is 0 Å². The molecule has 0 aliphatic rings. The van der Waals surface area contributed by atoms with Crippen LogP contribution in [0.15, 0.2) is 5.11 Å². The SMILES string of the molecule is CC[C@H](C)[C@@H](N)[C@@H](C)CCCO.CC[C@H](C)[C@@H](N=[N+]=[N-])[C@@H](C)CCCO.CO. The molecule has 0 radical (unpaired) electrons. The molecule has 0 saturated heterocycles. The Morgan fingerprint density at radius 1 is 0.821 bits per heavy atom. The van der Waals surface area contributed by atoms with E-state index in [-0.39, 0.29) is 19.3 Å². The predicted octanol–water partition coefficient (Wildman–Crippen LogP) is 4.50. The number of hydrogen-bond acceptors (Lipinski definition) is 5. The quantitative estimate of drug-likeness (QED) is 0.204. The fourth-order valence-electron chi connectivity index (χ4n) is 3.11. The van der Waals surface area contributed by atoms with Gasteiger partial charge in [-0.1, -0.05) is 59.5 Å². The lowest BCUT2D eigenvalue weighted by molar-refractivity contribution is 0.252. The maximum Gasteiger partial charge on any atom is 0.0431 e. The average molecular weight is 405 g/mol. The first-order valence-electron chi connectivity index (χ1n) is 10.8. The van der Waals surface area contributed by atoms with Gasteiger partial charge in [-0.05, 0) is 54.9 Å². The Labute approximate surface area is 173 Å². The lowest BCUT2D eigenvalue weighted by Gasteiger charge is -2.24. The van der Waals surface area contributed by atoms with Crippen LogP contribution in [0.5, 0.6) is 0 Å². The highest BCUT2D eigenvalue weighted by Gasteiger charge is 2.20. The molecule has 0 unspecified atom stereocenters. The van der Waals surface area contributed by atoms with E-state index in [0.717, 1.165) is 45.6 Å². The van der Waals surface area contributed by atoms with E-state index in [1.165, 1.54) is 0 Å². The smallest absolute Gasteiger partial charge is 0.0431 e. The highest BCUT2D eigenvalue weighted by atomic mass is 16.3. The minimum Gasteiger partial charge on any atom is -0.400 e. The average Bonchev–Trinajstić information content (AvgIpc) is 2.74. The molecule has 0 heterocycles. The van der Waals surface area contributed by atoms with Crippen molar-refractivity contribution in [2.45, 2.75) is 92.2 Å². The number of nitrogens with two attached hydrogens (primary N) is 1. The van der Waals surface area contributed by atoms with Crippen molar-refractivity contribution in [2.75, 3.05) is 20.3 Å². The van der Waals surface area contributed by atoms with E-state index in [9.17, 15) is 0 Å². The molecule has 6 atom stereocenters. The van der Waals surface area contributed by atoms with Crippen LogP contribution in [-0.4, -0.2) is 47.7 Å². The molecule has 0 aliphatic heterocycles. The van der Waals surface area contributed by atoms with Crippen LogP contribution in [0.25, 0.3) is 10.4 Å². The summed E-state index contributed by atoms with van der Waals surface area (Å²) in [6.45, 7) is 13.3. The van der Waals surface area contributed by atoms with Gasteiger partial charge in [0.25, 0.3) is 0 Å². The lowest BCUT2D eigenvalue weighted by Crippen LogP contribution is -2.34. The minimum absolute atomic E-state index is 0.0662. The third-order valence-corrected chi connectivity index (χ3v) is 5.59. The van der Waals surface area contributed by atoms with Gasteiger partial charge in [-0.2, -0.15) is 0 Å². The van der Waals surface area contributed by atoms with E-state index in [2.05, 4.69) is 51.6 Å². The van der Waals surface area contributed by atoms with E-state index >= 15 is 0 Å². The summed E-state index contributed by atoms with van der Waals surface area (Å²) in [5.41, 5.74) is 14.5. The van der Waals surface area contributed by atoms with Crippen molar-refractivity contribution >= 4 is 0 Å². The summed E-state index contributed by atoms with van der Waals surface area (Å²) in [5.74, 6) is 1.90. The molecular weight excluding hydrogens is 356 g/mol. The third-order valence-electron chi connectivity index (χ3n) is 5.59. The Kier molecular flexibility index (Phi) is 25.5. The van der Waals surface area contributed by atoms with Crippen LogP contribution >= 0.6 is 0 Å². The molecular formula is C21H48N4O3. The number of nitrogens with zero attached hydrogens (tertiary/aromatic N) is 3. The molecule has 7 heteroatoms. The molecule has 7 nitrogen and oxygen atoms in total. The Morgan fingerprint density at radius 3 is 1.61 bits per heavy atom. The zero-order valence-corrected chi connectivity index (χ0v) is 19.4. The number of rotatable bonds is 13. The first kappa shape index (κ1) is 31.8. The van der Waals surface area contributed by atoms with Gasteiger partial charge in [-0.3, -0.25) is 0 Å². The van der Waals surface area contributed by atoms with Crippen LogP contribution in [-0.2, 0) is 0 Å². The molecule has 0 saturated carbocycles. The standard InChI is InChI=1S/C10H21N3O.C10H23NO.CH4O/c1-4-8(2)10(12-13-11)9(3)6-5-7-14;1-4-8(2)10(11)9(3)6-5-7-12;1-2/h8-10,14H,4-7H2,1-3H3;8-10,12H,4-7,11H2,1-3H3;2H,1H3/t2*8-,9-,10+;/m00./s1. The lowest BCUT2D eigenvalue weighted by atomic mass is 9.87. The van der Waals surface area contributed by atoms with Crippen molar-refractivity contribution in [1.82, 2.24) is 0 Å². The number of hydrogen-bond donors (Lipinski definition) is 4. The van der Waals surface area contributed by atoms with Crippen molar-refractivity contribution in [3.63, 3.8) is 0 Å². The summed E-state index contributed by atoms with van der Waals surface area (Å²) in [4.78, 5) is 2.90. The minimum atomic E-state index is 0.0662. The summed E-state index contributed by atoms with van der Waals surface area (Å²) in [7, 11) is 1.00. The molecule has 0 spiro atoms.